The van der Waals surface area contributed by atoms with Gasteiger partial charge in [-0.25, -0.2) is 0 Å². The fourth-order valence-electron chi connectivity index (χ4n) is 2.52. The van der Waals surface area contributed by atoms with E-state index in [1.54, 1.807) is 0 Å². The lowest BCUT2D eigenvalue weighted by Gasteiger charge is -2.47. The van der Waals surface area contributed by atoms with Gasteiger partial charge in [-0.2, -0.15) is 0 Å². The monoisotopic (exact) mass is 415 g/mol. The third-order valence-corrected chi connectivity index (χ3v) is 3.60. The minimum absolute atomic E-state index is 0.00139. The molecule has 2 amide bonds. The first-order valence-electron chi connectivity index (χ1n) is 8.23. The van der Waals surface area contributed by atoms with Crippen LogP contribution in [0.2, 0.25) is 0 Å². The Morgan fingerprint density at radius 1 is 0.966 bits per heavy atom. The van der Waals surface area contributed by atoms with Crippen molar-refractivity contribution in [2.24, 2.45) is 5.73 Å². The lowest BCUT2D eigenvalue weighted by molar-refractivity contribution is -0.156. The zero-order valence-electron chi connectivity index (χ0n) is 15.6. The van der Waals surface area contributed by atoms with Crippen LogP contribution in [0.1, 0.15) is 6.42 Å². The molecule has 0 fully saturated rings. The van der Waals surface area contributed by atoms with Gasteiger partial charge in [0.15, 0.2) is 0 Å². The molecule has 2 unspecified atom stereocenters. The predicted octanol–water partition coefficient (Wildman–Crippen LogP) is -2.89. The largest absolute Gasteiger partial charge is 0.481 e. The zero-order valence-corrected chi connectivity index (χ0v) is 15.6. The average molecular weight is 415 g/mol. The van der Waals surface area contributed by atoms with Gasteiger partial charge in [0.25, 0.3) is 0 Å². The quantitative estimate of drug-likeness (QED) is 0.106. The molecule has 0 aromatic heterocycles. The van der Waals surface area contributed by atoms with Crippen molar-refractivity contribution in [1.82, 2.24) is 20.9 Å². The number of amides is 2. The number of nitrogens with zero attached hydrogens (tertiary/aromatic N) is 1. The maximum Gasteiger partial charge on any atom is 0.317 e. The van der Waals surface area contributed by atoms with Crippen molar-refractivity contribution in [1.29, 1.82) is 0 Å². The molecular weight excluding hydrogens is 390 g/mol. The topological polar surface area (TPSA) is 211 Å². The molecule has 13 nitrogen and oxygen atoms in total. The second-order valence-electron chi connectivity index (χ2n) is 5.72. The summed E-state index contributed by atoms with van der Waals surface area (Å²) in [4.78, 5) is 59.0. The first-order chi connectivity index (χ1) is 13.5. The van der Waals surface area contributed by atoms with E-state index >= 15 is 0 Å². The van der Waals surface area contributed by atoms with Gasteiger partial charge in [-0.15, -0.1) is 0 Å². The van der Waals surface area contributed by atoms with E-state index in [-0.39, 0.29) is 13.1 Å². The highest BCUT2D eigenvalue weighted by Crippen LogP contribution is 2.22. The van der Waals surface area contributed by atoms with Crippen molar-refractivity contribution in [3.8, 4) is 0 Å². The van der Waals surface area contributed by atoms with Crippen LogP contribution < -0.4 is 21.7 Å². The third-order valence-electron chi connectivity index (χ3n) is 3.60. The molecule has 0 rings (SSSR count). The van der Waals surface area contributed by atoms with Crippen molar-refractivity contribution in [3.63, 3.8) is 0 Å². The van der Waals surface area contributed by atoms with Gasteiger partial charge in [-0.3, -0.25) is 34.2 Å². The summed E-state index contributed by atoms with van der Waals surface area (Å²) in [5, 5.41) is 35.2. The Kier molecular flexibility index (Phi) is 10.8. The average Bonchev–Trinajstić information content (AvgIpc) is 2.62. The highest BCUT2D eigenvalue weighted by molar-refractivity contribution is 5.89. The molecule has 0 aliphatic heterocycles. The van der Waals surface area contributed by atoms with Crippen molar-refractivity contribution in [3.05, 3.63) is 25.3 Å². The van der Waals surface area contributed by atoms with Crippen molar-refractivity contribution in [2.45, 2.75) is 18.2 Å². The first-order valence-corrected chi connectivity index (χ1v) is 8.23. The summed E-state index contributed by atoms with van der Waals surface area (Å²) in [6.07, 6.45) is -0.801. The van der Waals surface area contributed by atoms with Gasteiger partial charge in [-0.05, 0) is 12.2 Å². The predicted molar refractivity (Wildman–Crippen MR) is 99.4 cm³/mol. The van der Waals surface area contributed by atoms with E-state index in [0.717, 1.165) is 12.2 Å². The van der Waals surface area contributed by atoms with Crippen LogP contribution in [0.15, 0.2) is 25.3 Å². The second kappa shape index (κ2) is 12.2. The van der Waals surface area contributed by atoms with Crippen LogP contribution in [0.3, 0.4) is 0 Å². The van der Waals surface area contributed by atoms with Crippen LogP contribution in [0, 0.1) is 0 Å². The number of hydrogen-bond acceptors (Lipinski definition) is 8. The van der Waals surface area contributed by atoms with Crippen molar-refractivity contribution >= 4 is 29.7 Å². The Bertz CT molecular complexity index is 652. The zero-order chi connectivity index (χ0) is 22.6. The Labute approximate surface area is 166 Å². The Morgan fingerprint density at radius 2 is 1.48 bits per heavy atom. The number of nitrogens with two attached hydrogens (primary N) is 1. The van der Waals surface area contributed by atoms with Gasteiger partial charge in [0.2, 0.25) is 11.8 Å². The number of aliphatic carboxylic acids is 3. The summed E-state index contributed by atoms with van der Waals surface area (Å²) < 4.78 is 0. The molecular formula is C16H25N5O8. The van der Waals surface area contributed by atoms with Gasteiger partial charge in [0.05, 0.1) is 19.5 Å². The molecule has 0 heterocycles. The number of nitrogens with one attached hydrogen (secondary N) is 3. The summed E-state index contributed by atoms with van der Waals surface area (Å²) in [6, 6.07) is 0. The number of carbonyl (C=O) groups is 5. The molecule has 0 radical (unpaired) electrons. The second-order valence-corrected chi connectivity index (χ2v) is 5.72. The van der Waals surface area contributed by atoms with Crippen molar-refractivity contribution < 1.29 is 39.3 Å². The van der Waals surface area contributed by atoms with E-state index in [0.29, 0.717) is 4.90 Å². The Hall–Kier alpha value is -3.29. The van der Waals surface area contributed by atoms with E-state index in [9.17, 15) is 39.3 Å². The first kappa shape index (κ1) is 25.7. The summed E-state index contributed by atoms with van der Waals surface area (Å²) in [7, 11) is 0. The lowest BCUT2D eigenvalue weighted by Crippen LogP contribution is -2.76. The minimum Gasteiger partial charge on any atom is -0.481 e. The molecule has 8 N–H and O–H groups in total. The highest BCUT2D eigenvalue weighted by atomic mass is 16.4. The van der Waals surface area contributed by atoms with Gasteiger partial charge in [0, 0.05) is 13.1 Å². The fourth-order valence-corrected chi connectivity index (χ4v) is 2.52. The molecule has 0 aromatic rings. The molecule has 0 aliphatic rings. The van der Waals surface area contributed by atoms with Crippen LogP contribution in [0.4, 0.5) is 0 Å². The van der Waals surface area contributed by atoms with E-state index in [1.165, 1.54) is 0 Å². The van der Waals surface area contributed by atoms with Crippen LogP contribution >= 0.6 is 0 Å². The molecule has 29 heavy (non-hydrogen) atoms. The van der Waals surface area contributed by atoms with Crippen LogP contribution in [0.5, 0.6) is 0 Å². The molecule has 13 heteroatoms. The summed E-state index contributed by atoms with van der Waals surface area (Å²) in [6.45, 7) is 4.60. The Morgan fingerprint density at radius 3 is 1.86 bits per heavy atom. The SMILES string of the molecule is C=CC(=O)NC(NCCN)C(CC(=O)O)(NC(=O)C=C)N(CC(=O)O)CC(=O)O. The van der Waals surface area contributed by atoms with Gasteiger partial charge in [-0.1, -0.05) is 13.2 Å². The fraction of sp³-hybridized carbons (Fsp3) is 0.438. The highest BCUT2D eigenvalue weighted by Gasteiger charge is 2.49. The Balaban J connectivity index is 6.68. The molecule has 2 atom stereocenters. The van der Waals surface area contributed by atoms with Gasteiger partial charge < -0.3 is 31.7 Å². The number of rotatable bonds is 15. The van der Waals surface area contributed by atoms with Crippen molar-refractivity contribution in [2.75, 3.05) is 26.2 Å². The molecule has 0 saturated carbocycles. The number of carbonyl (C=O) groups excluding carboxylic acids is 2. The molecule has 0 aliphatic carbocycles. The van der Waals surface area contributed by atoms with Crippen LogP contribution in [-0.4, -0.2) is 87.9 Å². The summed E-state index contributed by atoms with van der Waals surface area (Å²) in [5.41, 5.74) is 3.21. The van der Waals surface area contributed by atoms with Crippen LogP contribution in [0.25, 0.3) is 0 Å². The van der Waals surface area contributed by atoms with Gasteiger partial charge >= 0.3 is 17.9 Å². The van der Waals surface area contributed by atoms with E-state index < -0.39 is 61.1 Å². The molecule has 0 bridgehead atoms. The van der Waals surface area contributed by atoms with E-state index in [2.05, 4.69) is 29.1 Å². The summed E-state index contributed by atoms with van der Waals surface area (Å²) in [5.74, 6) is -6.24. The number of carboxylic acid groups (broad SMARTS) is 3. The molecule has 0 aromatic carbocycles. The van der Waals surface area contributed by atoms with Crippen LogP contribution in [-0.2, 0) is 24.0 Å². The smallest absolute Gasteiger partial charge is 0.317 e. The van der Waals surface area contributed by atoms with Gasteiger partial charge in [0.1, 0.15) is 11.8 Å². The maximum absolute atomic E-state index is 12.1. The third kappa shape index (κ3) is 8.50. The molecule has 0 saturated heterocycles. The maximum atomic E-state index is 12.1. The molecule has 162 valence electrons. The lowest BCUT2D eigenvalue weighted by atomic mass is 9.97. The van der Waals surface area contributed by atoms with E-state index in [1.807, 2.05) is 0 Å². The molecule has 0 spiro atoms. The van der Waals surface area contributed by atoms with E-state index in [4.69, 9.17) is 5.73 Å². The summed E-state index contributed by atoms with van der Waals surface area (Å²) >= 11 is 0. The minimum atomic E-state index is -2.22. The standard InChI is InChI=1S/C16H25N5O8/c1-3-10(22)19-15(18-6-5-17)16(7-12(24)25,20-11(23)4-2)21(8-13(26)27)9-14(28)29/h3-4,15,18H,1-2,5-9,17H2,(H,19,22)(H,20,23)(H,24,25)(H,26,27)(H,28,29). The number of hydrogen-bond donors (Lipinski definition) is 7. The number of carboxylic acids is 3. The normalized spacial score (nSPS) is 13.6.